The van der Waals surface area contributed by atoms with Gasteiger partial charge < -0.3 is 24.2 Å². The molecule has 0 fully saturated rings. The number of aldehydes is 1. The Hall–Kier alpha value is -4.50. The number of methoxy groups -OCH3 is 1. The molecule has 0 saturated heterocycles. The molecule has 47 heavy (non-hydrogen) atoms. The van der Waals surface area contributed by atoms with Crippen LogP contribution in [0.2, 0.25) is 0 Å². The lowest BCUT2D eigenvalue weighted by atomic mass is 10.1. The van der Waals surface area contributed by atoms with E-state index < -0.39 is 0 Å². The Morgan fingerprint density at radius 2 is 1.72 bits per heavy atom. The van der Waals surface area contributed by atoms with Crippen molar-refractivity contribution in [1.29, 1.82) is 0 Å². The van der Waals surface area contributed by atoms with Gasteiger partial charge in [0.2, 0.25) is 5.91 Å². The van der Waals surface area contributed by atoms with E-state index >= 15 is 0 Å². The van der Waals surface area contributed by atoms with Gasteiger partial charge in [-0.2, -0.15) is 0 Å². The van der Waals surface area contributed by atoms with E-state index in [0.29, 0.717) is 25.4 Å². The molecule has 0 unspecified atom stereocenters. The Morgan fingerprint density at radius 3 is 2.32 bits per heavy atom. The molecule has 256 valence electrons. The minimum atomic E-state index is -0.278. The number of rotatable bonds is 14. The van der Waals surface area contributed by atoms with Crippen LogP contribution in [0.25, 0.3) is 5.57 Å². The third-order valence-corrected chi connectivity index (χ3v) is 6.92. The highest BCUT2D eigenvalue weighted by molar-refractivity contribution is 5.84. The molecule has 0 atom stereocenters. The van der Waals surface area contributed by atoms with Gasteiger partial charge in [-0.05, 0) is 51.2 Å². The second-order valence-corrected chi connectivity index (χ2v) is 10.6. The number of hydrogen-bond acceptors (Lipinski definition) is 8. The lowest BCUT2D eigenvalue weighted by molar-refractivity contribution is -0.142. The fraction of sp³-hybridized carbons (Fsp3) is 0.421. The predicted molar refractivity (Wildman–Crippen MR) is 189 cm³/mol. The van der Waals surface area contributed by atoms with Gasteiger partial charge in [0.05, 0.1) is 25.8 Å². The van der Waals surface area contributed by atoms with E-state index in [-0.39, 0.29) is 18.3 Å². The van der Waals surface area contributed by atoms with Gasteiger partial charge in [0, 0.05) is 49.4 Å². The quantitative estimate of drug-likeness (QED) is 0.0824. The Balaban J connectivity index is 0.000000471. The van der Waals surface area contributed by atoms with E-state index in [1.54, 1.807) is 19.2 Å². The van der Waals surface area contributed by atoms with E-state index in [9.17, 15) is 14.4 Å². The van der Waals surface area contributed by atoms with Gasteiger partial charge in [-0.25, -0.2) is 0 Å². The van der Waals surface area contributed by atoms with E-state index in [1.807, 2.05) is 57.2 Å². The van der Waals surface area contributed by atoms with Crippen molar-refractivity contribution in [2.45, 2.75) is 72.3 Å². The zero-order valence-electron chi connectivity index (χ0n) is 28.8. The number of amides is 1. The van der Waals surface area contributed by atoms with Crippen molar-refractivity contribution < 1.29 is 28.4 Å². The number of allylic oxidation sites excluding steroid dienone is 2. The molecule has 2 heterocycles. The molecule has 1 aliphatic heterocycles. The molecule has 1 N–H and O–H groups in total. The van der Waals surface area contributed by atoms with Crippen LogP contribution in [0, 0.1) is 0 Å². The standard InChI is InChI=1S/C22H28N2O4.C7H6O.C5H11NO.C4H8/c1-17-15-24(21-10-6-5-9-20(17)21)12-7-3-4-8-18-14-19(28-23-18)16-27-13-11-22(25)26-2;8-6-7-4-2-1-3-5-7;1-3-4-5(7)6-2;1-3-4-2/h5-6,9-10,14H,1,3-4,7-8,11-13,15-16H2,2H3;1-6H;3-4H2,1-2H3,(H,6,7);3-4H,1-2H3/b;;;4-3-. The van der Waals surface area contributed by atoms with E-state index in [2.05, 4.69) is 51.0 Å². The van der Waals surface area contributed by atoms with E-state index in [1.165, 1.54) is 23.9 Å². The highest BCUT2D eigenvalue weighted by Crippen LogP contribution is 2.34. The average molecular weight is 648 g/mol. The van der Waals surface area contributed by atoms with Gasteiger partial charge in [-0.3, -0.25) is 14.4 Å². The Labute approximate surface area is 281 Å². The molecule has 0 bridgehead atoms. The number of ether oxygens (including phenoxy) is 2. The van der Waals surface area contributed by atoms with Crippen LogP contribution in [0.5, 0.6) is 0 Å². The maximum Gasteiger partial charge on any atom is 0.307 e. The van der Waals surface area contributed by atoms with Gasteiger partial charge in [-0.1, -0.05) is 85.8 Å². The SMILES string of the molecule is C/C=C\C.C=C1CN(CCCCCc2cc(COCCC(=O)OC)on2)c2ccccc21.CCCC(=O)NC.O=Cc1ccccc1. The molecular formula is C38H53N3O6. The number of unbranched alkanes of at least 4 members (excludes halogenated alkanes) is 2. The first-order valence-corrected chi connectivity index (χ1v) is 16.2. The minimum absolute atomic E-state index is 0.127. The van der Waals surface area contributed by atoms with Crippen LogP contribution in [0.3, 0.4) is 0 Å². The summed E-state index contributed by atoms with van der Waals surface area (Å²) in [6.45, 7) is 12.8. The number of benzene rings is 2. The number of aromatic nitrogens is 1. The molecule has 3 aromatic rings. The fourth-order valence-electron chi connectivity index (χ4n) is 4.29. The van der Waals surface area contributed by atoms with Gasteiger partial charge in [0.1, 0.15) is 12.9 Å². The smallest absolute Gasteiger partial charge is 0.307 e. The summed E-state index contributed by atoms with van der Waals surface area (Å²) < 4.78 is 15.2. The van der Waals surface area contributed by atoms with Crippen LogP contribution in [0.1, 0.15) is 86.7 Å². The van der Waals surface area contributed by atoms with E-state index in [0.717, 1.165) is 62.7 Å². The highest BCUT2D eigenvalue weighted by Gasteiger charge is 2.20. The summed E-state index contributed by atoms with van der Waals surface area (Å²) >= 11 is 0. The number of esters is 1. The van der Waals surface area contributed by atoms with Gasteiger partial charge in [0.15, 0.2) is 5.76 Å². The molecule has 1 aromatic heterocycles. The number of para-hydroxylation sites is 1. The molecule has 9 heteroatoms. The Bertz CT molecular complexity index is 1330. The molecule has 2 aromatic carbocycles. The molecular weight excluding hydrogens is 594 g/mol. The molecule has 0 spiro atoms. The molecule has 0 saturated carbocycles. The number of carbonyl (C=O) groups excluding carboxylic acids is 3. The number of nitrogens with zero attached hydrogens (tertiary/aromatic N) is 2. The van der Waals surface area contributed by atoms with Crippen molar-refractivity contribution in [3.05, 3.63) is 102 Å². The first kappa shape index (κ1) is 40.5. The monoisotopic (exact) mass is 647 g/mol. The molecule has 0 radical (unpaired) electrons. The summed E-state index contributed by atoms with van der Waals surface area (Å²) in [6.07, 6.45) is 10.9. The summed E-state index contributed by atoms with van der Waals surface area (Å²) in [4.78, 5) is 33.7. The Morgan fingerprint density at radius 1 is 1.02 bits per heavy atom. The van der Waals surface area contributed by atoms with Crippen molar-refractivity contribution in [2.24, 2.45) is 0 Å². The van der Waals surface area contributed by atoms with Crippen LogP contribution in [0.4, 0.5) is 5.69 Å². The van der Waals surface area contributed by atoms with Gasteiger partial charge in [0.25, 0.3) is 0 Å². The first-order valence-electron chi connectivity index (χ1n) is 16.2. The average Bonchev–Trinajstić information content (AvgIpc) is 3.70. The second kappa shape index (κ2) is 25.7. The van der Waals surface area contributed by atoms with Crippen LogP contribution in [-0.2, 0) is 32.1 Å². The van der Waals surface area contributed by atoms with Gasteiger partial charge in [-0.15, -0.1) is 0 Å². The summed E-state index contributed by atoms with van der Waals surface area (Å²) in [6, 6.07) is 19.5. The van der Waals surface area contributed by atoms with Crippen molar-refractivity contribution in [1.82, 2.24) is 10.5 Å². The lowest BCUT2D eigenvalue weighted by Gasteiger charge is -2.18. The van der Waals surface area contributed by atoms with Crippen LogP contribution >= 0.6 is 0 Å². The predicted octanol–water partition coefficient (Wildman–Crippen LogP) is 7.61. The molecule has 0 aliphatic carbocycles. The molecule has 4 rings (SSSR count). The minimum Gasteiger partial charge on any atom is -0.469 e. The second-order valence-electron chi connectivity index (χ2n) is 10.6. The number of aryl methyl sites for hydroxylation is 1. The normalized spacial score (nSPS) is 11.3. The van der Waals surface area contributed by atoms with E-state index in [4.69, 9.17) is 9.26 Å². The highest BCUT2D eigenvalue weighted by atomic mass is 16.5. The summed E-state index contributed by atoms with van der Waals surface area (Å²) in [5, 5.41) is 6.62. The number of anilines is 1. The van der Waals surface area contributed by atoms with Crippen LogP contribution in [0.15, 0.2) is 83.9 Å². The number of nitrogens with one attached hydrogen (secondary N) is 1. The molecule has 1 amide bonds. The number of hydrogen-bond donors (Lipinski definition) is 1. The summed E-state index contributed by atoms with van der Waals surface area (Å²) in [5.41, 5.74) is 5.48. The first-order chi connectivity index (χ1) is 22.8. The zero-order valence-corrected chi connectivity index (χ0v) is 28.8. The maximum absolute atomic E-state index is 11.0. The molecule has 9 nitrogen and oxygen atoms in total. The summed E-state index contributed by atoms with van der Waals surface area (Å²) in [7, 11) is 3.02. The zero-order chi connectivity index (χ0) is 34.7. The summed E-state index contributed by atoms with van der Waals surface area (Å²) in [5.74, 6) is 0.537. The van der Waals surface area contributed by atoms with Crippen LogP contribution < -0.4 is 10.2 Å². The topological polar surface area (TPSA) is 111 Å². The lowest BCUT2D eigenvalue weighted by Crippen LogP contribution is -2.21. The fourth-order valence-corrected chi connectivity index (χ4v) is 4.29. The number of carbonyl (C=O) groups is 3. The third kappa shape index (κ3) is 17.7. The van der Waals surface area contributed by atoms with Crippen molar-refractivity contribution >= 4 is 29.4 Å². The maximum atomic E-state index is 11.0. The third-order valence-electron chi connectivity index (χ3n) is 6.92. The largest absolute Gasteiger partial charge is 0.469 e. The number of fused-ring (bicyclic) bond motifs is 1. The molecule has 1 aliphatic rings. The van der Waals surface area contributed by atoms with Crippen molar-refractivity contribution in [3.63, 3.8) is 0 Å². The van der Waals surface area contributed by atoms with Crippen LogP contribution in [-0.4, -0.2) is 57.2 Å². The van der Waals surface area contributed by atoms with Gasteiger partial charge >= 0.3 is 5.97 Å². The van der Waals surface area contributed by atoms with Crippen molar-refractivity contribution in [2.75, 3.05) is 38.8 Å². The Kier molecular flexibility index (Phi) is 22.1. The van der Waals surface area contributed by atoms with Crippen molar-refractivity contribution in [3.8, 4) is 0 Å².